The van der Waals surface area contributed by atoms with Gasteiger partial charge in [0.2, 0.25) is 0 Å². The number of aliphatic hydroxyl groups is 1. The van der Waals surface area contributed by atoms with Crippen LogP contribution in [0, 0.1) is 5.82 Å². The first-order valence-corrected chi connectivity index (χ1v) is 4.36. The second-order valence-corrected chi connectivity index (χ2v) is 3.20. The minimum atomic E-state index is -0.845. The van der Waals surface area contributed by atoms with Crippen molar-refractivity contribution < 1.29 is 9.50 Å². The van der Waals surface area contributed by atoms with E-state index in [-0.39, 0.29) is 5.56 Å². The van der Waals surface area contributed by atoms with Gasteiger partial charge in [-0.25, -0.2) is 4.39 Å². The molecule has 0 aromatic heterocycles. The molecular weight excluding hydrogens is 193 g/mol. The van der Waals surface area contributed by atoms with E-state index in [9.17, 15) is 9.50 Å². The van der Waals surface area contributed by atoms with Crippen molar-refractivity contribution in [1.82, 2.24) is 0 Å². The monoisotopic (exact) mass is 203 g/mol. The Morgan fingerprint density at radius 1 is 1.54 bits per heavy atom. The third-order valence-electron chi connectivity index (χ3n) is 1.76. The molecule has 1 aromatic rings. The van der Waals surface area contributed by atoms with Crippen molar-refractivity contribution in [3.8, 4) is 0 Å². The van der Waals surface area contributed by atoms with Crippen molar-refractivity contribution in [2.24, 2.45) is 5.73 Å². The smallest absolute Gasteiger partial charge is 0.130 e. The summed E-state index contributed by atoms with van der Waals surface area (Å²) in [7, 11) is 0. The van der Waals surface area contributed by atoms with E-state index in [2.05, 4.69) is 0 Å². The summed E-state index contributed by atoms with van der Waals surface area (Å²) in [5.74, 6) is -0.492. The van der Waals surface area contributed by atoms with Gasteiger partial charge in [-0.3, -0.25) is 0 Å². The zero-order chi connectivity index (χ0) is 9.84. The van der Waals surface area contributed by atoms with Crippen molar-refractivity contribution >= 4 is 11.6 Å². The van der Waals surface area contributed by atoms with E-state index in [0.717, 1.165) is 0 Å². The minimum absolute atomic E-state index is 0.245. The van der Waals surface area contributed by atoms with Crippen molar-refractivity contribution in [1.29, 1.82) is 0 Å². The second kappa shape index (κ2) is 4.56. The summed E-state index contributed by atoms with van der Waals surface area (Å²) in [5.41, 5.74) is 5.48. The summed E-state index contributed by atoms with van der Waals surface area (Å²) in [5, 5.41) is 9.75. The molecule has 1 unspecified atom stereocenters. The van der Waals surface area contributed by atoms with E-state index >= 15 is 0 Å². The fourth-order valence-corrected chi connectivity index (χ4v) is 1.24. The average molecular weight is 204 g/mol. The van der Waals surface area contributed by atoms with Crippen LogP contribution in [-0.2, 0) is 0 Å². The van der Waals surface area contributed by atoms with Gasteiger partial charge in [-0.1, -0.05) is 17.7 Å². The van der Waals surface area contributed by atoms with Gasteiger partial charge < -0.3 is 10.8 Å². The van der Waals surface area contributed by atoms with Crippen LogP contribution in [0.3, 0.4) is 0 Å². The molecule has 3 N–H and O–H groups in total. The Morgan fingerprint density at radius 3 is 2.77 bits per heavy atom. The quantitative estimate of drug-likeness (QED) is 0.788. The van der Waals surface area contributed by atoms with Gasteiger partial charge >= 0.3 is 0 Å². The maximum Gasteiger partial charge on any atom is 0.130 e. The highest BCUT2D eigenvalue weighted by Gasteiger charge is 2.11. The summed E-state index contributed by atoms with van der Waals surface area (Å²) >= 11 is 5.55. The van der Waals surface area contributed by atoms with Gasteiger partial charge in [-0.05, 0) is 25.1 Å². The number of aliphatic hydroxyl groups excluding tert-OH is 1. The van der Waals surface area contributed by atoms with Crippen LogP contribution in [-0.4, -0.2) is 11.7 Å². The number of rotatable bonds is 3. The molecule has 0 spiro atoms. The average Bonchev–Trinajstić information content (AvgIpc) is 2.04. The van der Waals surface area contributed by atoms with Crippen molar-refractivity contribution in [2.45, 2.75) is 12.5 Å². The van der Waals surface area contributed by atoms with Crippen molar-refractivity contribution in [3.05, 3.63) is 34.6 Å². The van der Waals surface area contributed by atoms with E-state index in [4.69, 9.17) is 17.3 Å². The first kappa shape index (κ1) is 10.4. The third kappa shape index (κ3) is 2.66. The first-order chi connectivity index (χ1) is 6.15. The van der Waals surface area contributed by atoms with Crippen LogP contribution in [0.25, 0.3) is 0 Å². The summed E-state index contributed by atoms with van der Waals surface area (Å²) in [6.45, 7) is 0.323. The highest BCUT2D eigenvalue weighted by atomic mass is 35.5. The molecule has 0 radical (unpaired) electrons. The molecule has 0 aliphatic rings. The number of halogens is 2. The second-order valence-electron chi connectivity index (χ2n) is 2.76. The predicted molar refractivity (Wildman–Crippen MR) is 50.0 cm³/mol. The van der Waals surface area contributed by atoms with E-state index < -0.39 is 11.9 Å². The number of nitrogens with two attached hydrogens (primary N) is 1. The van der Waals surface area contributed by atoms with E-state index in [0.29, 0.717) is 18.0 Å². The van der Waals surface area contributed by atoms with Gasteiger partial charge in [0, 0.05) is 10.6 Å². The zero-order valence-corrected chi connectivity index (χ0v) is 7.76. The van der Waals surface area contributed by atoms with E-state index in [1.165, 1.54) is 12.1 Å². The standard InChI is InChI=1S/C9H11ClFNO/c10-6-1-2-7(8(11)5-6)9(13)3-4-12/h1-2,5,9,13H,3-4,12H2. The molecule has 0 aliphatic carbocycles. The molecule has 0 saturated heterocycles. The van der Waals surface area contributed by atoms with Crippen LogP contribution in [0.15, 0.2) is 18.2 Å². The van der Waals surface area contributed by atoms with Gasteiger partial charge in [0.25, 0.3) is 0 Å². The first-order valence-electron chi connectivity index (χ1n) is 3.98. The predicted octanol–water partition coefficient (Wildman–Crippen LogP) is 1.86. The largest absolute Gasteiger partial charge is 0.388 e. The van der Waals surface area contributed by atoms with Crippen LogP contribution in [0.1, 0.15) is 18.1 Å². The number of hydrogen-bond acceptors (Lipinski definition) is 2. The molecule has 0 aliphatic heterocycles. The van der Waals surface area contributed by atoms with Crippen molar-refractivity contribution in [3.63, 3.8) is 0 Å². The van der Waals surface area contributed by atoms with Gasteiger partial charge in [0.1, 0.15) is 5.82 Å². The lowest BCUT2D eigenvalue weighted by Crippen LogP contribution is -2.08. The Morgan fingerprint density at radius 2 is 2.23 bits per heavy atom. The van der Waals surface area contributed by atoms with Crippen LogP contribution in [0.2, 0.25) is 5.02 Å². The van der Waals surface area contributed by atoms with Gasteiger partial charge in [-0.15, -0.1) is 0 Å². The molecule has 0 amide bonds. The molecule has 0 bridgehead atoms. The Labute approximate surface area is 81.1 Å². The van der Waals surface area contributed by atoms with Crippen LogP contribution >= 0.6 is 11.6 Å². The molecular formula is C9H11ClFNO. The normalized spacial score (nSPS) is 12.9. The molecule has 72 valence electrons. The maximum atomic E-state index is 13.1. The summed E-state index contributed by atoms with van der Waals surface area (Å²) in [4.78, 5) is 0. The molecule has 1 atom stereocenters. The third-order valence-corrected chi connectivity index (χ3v) is 2.00. The Balaban J connectivity index is 2.88. The highest BCUT2D eigenvalue weighted by Crippen LogP contribution is 2.22. The maximum absolute atomic E-state index is 13.1. The number of benzene rings is 1. The lowest BCUT2D eigenvalue weighted by atomic mass is 10.1. The summed E-state index contributed by atoms with van der Waals surface area (Å²) in [6.07, 6.45) is -0.499. The van der Waals surface area contributed by atoms with Crippen LogP contribution < -0.4 is 5.73 Å². The molecule has 0 heterocycles. The van der Waals surface area contributed by atoms with Gasteiger partial charge in [0.05, 0.1) is 6.10 Å². The lowest BCUT2D eigenvalue weighted by Gasteiger charge is -2.10. The van der Waals surface area contributed by atoms with Crippen LogP contribution in [0.5, 0.6) is 0 Å². The minimum Gasteiger partial charge on any atom is -0.388 e. The lowest BCUT2D eigenvalue weighted by molar-refractivity contribution is 0.165. The molecule has 2 nitrogen and oxygen atoms in total. The SMILES string of the molecule is NCCC(O)c1ccc(Cl)cc1F. The van der Waals surface area contributed by atoms with Gasteiger partial charge in [-0.2, -0.15) is 0 Å². The summed E-state index contributed by atoms with van der Waals surface area (Å²) < 4.78 is 13.1. The van der Waals surface area contributed by atoms with Crippen LogP contribution in [0.4, 0.5) is 4.39 Å². The number of hydrogen-bond donors (Lipinski definition) is 2. The highest BCUT2D eigenvalue weighted by molar-refractivity contribution is 6.30. The van der Waals surface area contributed by atoms with Gasteiger partial charge in [0.15, 0.2) is 0 Å². The molecule has 0 fully saturated rings. The fraction of sp³-hybridized carbons (Fsp3) is 0.333. The van der Waals surface area contributed by atoms with Crippen molar-refractivity contribution in [2.75, 3.05) is 6.54 Å². The van der Waals surface area contributed by atoms with E-state index in [1.54, 1.807) is 6.07 Å². The molecule has 13 heavy (non-hydrogen) atoms. The Bertz CT molecular complexity index is 293. The fourth-order valence-electron chi connectivity index (χ4n) is 1.09. The molecule has 1 rings (SSSR count). The summed E-state index contributed by atoms with van der Waals surface area (Å²) in [6, 6.07) is 4.19. The zero-order valence-electron chi connectivity index (χ0n) is 7.00. The molecule has 1 aromatic carbocycles. The molecule has 4 heteroatoms. The van der Waals surface area contributed by atoms with E-state index in [1.807, 2.05) is 0 Å². The molecule has 0 saturated carbocycles. The Hall–Kier alpha value is -0.640. The topological polar surface area (TPSA) is 46.2 Å². The Kier molecular flexibility index (Phi) is 3.66.